The summed E-state index contributed by atoms with van der Waals surface area (Å²) in [6, 6.07) is 8.81. The van der Waals surface area contributed by atoms with Crippen LogP contribution in [0.25, 0.3) is 0 Å². The highest BCUT2D eigenvalue weighted by molar-refractivity contribution is 6.30. The van der Waals surface area contributed by atoms with Crippen molar-refractivity contribution < 1.29 is 8.78 Å². The molecule has 20 heavy (non-hydrogen) atoms. The van der Waals surface area contributed by atoms with Crippen LogP contribution in [0.5, 0.6) is 0 Å². The van der Waals surface area contributed by atoms with Gasteiger partial charge < -0.3 is 0 Å². The number of hydrogen-bond acceptors (Lipinski definition) is 2. The minimum absolute atomic E-state index is 0.0768. The Balaban J connectivity index is 2.28. The molecule has 0 spiro atoms. The van der Waals surface area contributed by atoms with Gasteiger partial charge in [-0.25, -0.2) is 8.78 Å². The maximum atomic E-state index is 13.4. The molecule has 0 amide bonds. The zero-order chi connectivity index (χ0) is 14.7. The van der Waals surface area contributed by atoms with Gasteiger partial charge in [-0.3, -0.25) is 11.3 Å². The number of nitrogens with one attached hydrogen (secondary N) is 1. The molecule has 0 aromatic heterocycles. The van der Waals surface area contributed by atoms with E-state index in [4.69, 9.17) is 17.4 Å². The molecule has 0 bridgehead atoms. The Morgan fingerprint density at radius 3 is 2.60 bits per heavy atom. The Kier molecular flexibility index (Phi) is 4.70. The summed E-state index contributed by atoms with van der Waals surface area (Å²) in [4.78, 5) is 0. The molecule has 0 saturated carbocycles. The van der Waals surface area contributed by atoms with Crippen LogP contribution in [-0.2, 0) is 6.42 Å². The second-order valence-corrected chi connectivity index (χ2v) is 5.08. The van der Waals surface area contributed by atoms with Crippen LogP contribution in [-0.4, -0.2) is 0 Å². The molecule has 0 aliphatic heterocycles. The molecule has 2 aromatic rings. The van der Waals surface area contributed by atoms with E-state index in [-0.39, 0.29) is 16.9 Å². The third kappa shape index (κ3) is 3.33. The normalized spacial score (nSPS) is 12.4. The number of nitrogens with two attached hydrogens (primary N) is 1. The summed E-state index contributed by atoms with van der Waals surface area (Å²) in [6.45, 7) is 1.88. The highest BCUT2D eigenvalue weighted by Gasteiger charge is 2.14. The van der Waals surface area contributed by atoms with Gasteiger partial charge in [-0.15, -0.1) is 0 Å². The maximum Gasteiger partial charge on any atom is 0.142 e. The lowest BCUT2D eigenvalue weighted by atomic mass is 9.95. The lowest BCUT2D eigenvalue weighted by Crippen LogP contribution is -2.30. The van der Waals surface area contributed by atoms with Crippen molar-refractivity contribution >= 4 is 11.6 Å². The van der Waals surface area contributed by atoms with Gasteiger partial charge in [0.05, 0.1) is 11.1 Å². The van der Waals surface area contributed by atoms with Crippen LogP contribution in [0.4, 0.5) is 8.78 Å². The van der Waals surface area contributed by atoms with Crippen LogP contribution in [0.2, 0.25) is 5.02 Å². The first-order valence-corrected chi connectivity index (χ1v) is 6.55. The number of hydrogen-bond donors (Lipinski definition) is 2. The van der Waals surface area contributed by atoms with Crippen molar-refractivity contribution in [1.82, 2.24) is 5.43 Å². The Hall–Kier alpha value is -1.49. The predicted octanol–water partition coefficient (Wildman–Crippen LogP) is 3.67. The standard InChI is InChI=1S/C15H15ClF2N2/c1-9-2-4-11(17)8-12(9)15(20-19)7-10-3-5-13(16)14(18)6-10/h2-6,8,15,20H,7,19H2,1H3. The molecule has 0 heterocycles. The van der Waals surface area contributed by atoms with E-state index in [2.05, 4.69) is 5.43 Å². The van der Waals surface area contributed by atoms with E-state index in [1.54, 1.807) is 12.1 Å². The van der Waals surface area contributed by atoms with Gasteiger partial charge in [-0.1, -0.05) is 23.7 Å². The minimum Gasteiger partial charge on any atom is -0.271 e. The van der Waals surface area contributed by atoms with Crippen molar-refractivity contribution in [3.05, 3.63) is 69.7 Å². The van der Waals surface area contributed by atoms with Crippen LogP contribution < -0.4 is 11.3 Å². The lowest BCUT2D eigenvalue weighted by Gasteiger charge is -2.19. The Labute approximate surface area is 121 Å². The van der Waals surface area contributed by atoms with Gasteiger partial charge >= 0.3 is 0 Å². The topological polar surface area (TPSA) is 38.0 Å². The van der Waals surface area contributed by atoms with Crippen molar-refractivity contribution in [3.8, 4) is 0 Å². The summed E-state index contributed by atoms with van der Waals surface area (Å²) in [6.07, 6.45) is 0.439. The summed E-state index contributed by atoms with van der Waals surface area (Å²) in [7, 11) is 0. The van der Waals surface area contributed by atoms with Gasteiger partial charge in [0.2, 0.25) is 0 Å². The lowest BCUT2D eigenvalue weighted by molar-refractivity contribution is 0.539. The van der Waals surface area contributed by atoms with Gasteiger partial charge in [-0.2, -0.15) is 0 Å². The van der Waals surface area contributed by atoms with E-state index in [9.17, 15) is 8.78 Å². The van der Waals surface area contributed by atoms with Crippen molar-refractivity contribution in [2.24, 2.45) is 5.84 Å². The van der Waals surface area contributed by atoms with Crippen molar-refractivity contribution in [2.75, 3.05) is 0 Å². The minimum atomic E-state index is -0.476. The molecule has 106 valence electrons. The molecule has 0 aliphatic carbocycles. The molecule has 1 atom stereocenters. The Morgan fingerprint density at radius 2 is 1.95 bits per heavy atom. The van der Waals surface area contributed by atoms with Gasteiger partial charge in [-0.05, 0) is 54.3 Å². The first-order valence-electron chi connectivity index (χ1n) is 6.17. The Bertz CT molecular complexity index is 617. The van der Waals surface area contributed by atoms with Crippen molar-refractivity contribution in [1.29, 1.82) is 0 Å². The van der Waals surface area contributed by atoms with Gasteiger partial charge in [0.1, 0.15) is 11.6 Å². The first-order chi connectivity index (χ1) is 9.51. The first kappa shape index (κ1) is 14.9. The van der Waals surface area contributed by atoms with Crippen molar-refractivity contribution in [2.45, 2.75) is 19.4 Å². The van der Waals surface area contributed by atoms with Gasteiger partial charge in [0.15, 0.2) is 0 Å². The number of hydrazine groups is 1. The molecule has 2 nitrogen and oxygen atoms in total. The third-order valence-corrected chi connectivity index (χ3v) is 3.55. The summed E-state index contributed by atoms with van der Waals surface area (Å²) < 4.78 is 26.8. The molecule has 2 rings (SSSR count). The third-order valence-electron chi connectivity index (χ3n) is 3.24. The second-order valence-electron chi connectivity index (χ2n) is 4.67. The zero-order valence-corrected chi connectivity index (χ0v) is 11.7. The number of benzene rings is 2. The van der Waals surface area contributed by atoms with E-state index in [0.29, 0.717) is 6.42 Å². The quantitative estimate of drug-likeness (QED) is 0.667. The number of halogens is 3. The molecule has 3 N–H and O–H groups in total. The molecule has 1 unspecified atom stereocenters. The SMILES string of the molecule is Cc1ccc(F)cc1C(Cc1ccc(Cl)c(F)c1)NN. The molecule has 0 saturated heterocycles. The highest BCUT2D eigenvalue weighted by atomic mass is 35.5. The fraction of sp³-hybridized carbons (Fsp3) is 0.200. The van der Waals surface area contributed by atoms with Crippen molar-refractivity contribution in [3.63, 3.8) is 0 Å². The van der Waals surface area contributed by atoms with E-state index < -0.39 is 5.82 Å². The molecule has 5 heteroatoms. The van der Waals surface area contributed by atoms with E-state index in [1.807, 2.05) is 6.92 Å². The summed E-state index contributed by atoms with van der Waals surface area (Å²) in [5.41, 5.74) is 5.05. The summed E-state index contributed by atoms with van der Waals surface area (Å²) in [5, 5.41) is 0.0768. The van der Waals surface area contributed by atoms with Crippen LogP contribution in [0, 0.1) is 18.6 Å². The number of rotatable bonds is 4. The smallest absolute Gasteiger partial charge is 0.142 e. The van der Waals surface area contributed by atoms with E-state index in [0.717, 1.165) is 16.7 Å². The highest BCUT2D eigenvalue weighted by Crippen LogP contribution is 2.24. The van der Waals surface area contributed by atoms with Crippen LogP contribution in [0.1, 0.15) is 22.7 Å². The zero-order valence-electron chi connectivity index (χ0n) is 11.0. The van der Waals surface area contributed by atoms with Crippen LogP contribution in [0.15, 0.2) is 36.4 Å². The predicted molar refractivity (Wildman–Crippen MR) is 76.3 cm³/mol. The average Bonchev–Trinajstić information content (AvgIpc) is 2.43. The molecular weight excluding hydrogens is 282 g/mol. The van der Waals surface area contributed by atoms with E-state index in [1.165, 1.54) is 24.3 Å². The average molecular weight is 297 g/mol. The van der Waals surface area contributed by atoms with Crippen LogP contribution >= 0.6 is 11.6 Å². The van der Waals surface area contributed by atoms with E-state index >= 15 is 0 Å². The molecular formula is C15H15ClF2N2. The monoisotopic (exact) mass is 296 g/mol. The van der Waals surface area contributed by atoms with Gasteiger partial charge in [0.25, 0.3) is 0 Å². The molecule has 2 aromatic carbocycles. The fourth-order valence-electron chi connectivity index (χ4n) is 2.15. The molecule has 0 fully saturated rings. The fourth-order valence-corrected chi connectivity index (χ4v) is 2.27. The molecule has 0 aliphatic rings. The summed E-state index contributed by atoms with van der Waals surface area (Å²) in [5.74, 6) is 4.75. The van der Waals surface area contributed by atoms with Gasteiger partial charge in [0, 0.05) is 0 Å². The largest absolute Gasteiger partial charge is 0.271 e. The summed E-state index contributed by atoms with van der Waals surface area (Å²) >= 11 is 5.65. The Morgan fingerprint density at radius 1 is 1.20 bits per heavy atom. The maximum absolute atomic E-state index is 13.4. The number of aryl methyl sites for hydroxylation is 1. The van der Waals surface area contributed by atoms with Crippen LogP contribution in [0.3, 0.4) is 0 Å². The molecule has 0 radical (unpaired) electrons. The second kappa shape index (κ2) is 6.31.